The van der Waals surface area contributed by atoms with Crippen LogP contribution in [0.25, 0.3) is 0 Å². The van der Waals surface area contributed by atoms with Gasteiger partial charge in [-0.05, 0) is 45.9 Å². The number of nitrogens with one attached hydrogen (secondary N) is 1. The molecule has 0 aliphatic carbocycles. The number of rotatable bonds is 6. The average molecular weight is 398 g/mol. The minimum atomic E-state index is -0.486. The largest absolute Gasteiger partial charge is 0.495 e. The lowest BCUT2D eigenvalue weighted by Crippen LogP contribution is -2.38. The minimum Gasteiger partial charge on any atom is -0.495 e. The van der Waals surface area contributed by atoms with Gasteiger partial charge in [0.1, 0.15) is 11.0 Å². The zero-order valence-corrected chi connectivity index (χ0v) is 17.1. The van der Waals surface area contributed by atoms with Crippen LogP contribution in [-0.2, 0) is 9.59 Å². The molecule has 1 N–H and O–H groups in total. The molecule has 26 heavy (non-hydrogen) atoms. The van der Waals surface area contributed by atoms with Gasteiger partial charge in [0, 0.05) is 23.5 Å². The van der Waals surface area contributed by atoms with Gasteiger partial charge in [0.25, 0.3) is 0 Å². The summed E-state index contributed by atoms with van der Waals surface area (Å²) in [5.74, 6) is 0.155. The summed E-state index contributed by atoms with van der Waals surface area (Å²) in [5.41, 5.74) is 0.484. The molecule has 1 aliphatic rings. The first-order valence-corrected chi connectivity index (χ1v) is 9.69. The maximum absolute atomic E-state index is 12.7. The number of thioether (sulfide) groups is 1. The van der Waals surface area contributed by atoms with Crippen molar-refractivity contribution in [2.75, 3.05) is 12.4 Å². The van der Waals surface area contributed by atoms with E-state index in [9.17, 15) is 9.59 Å². The number of carbonyl (C=O) groups excluding carboxylic acids is 2. The SMILES string of the molecule is COc1ccc(Cl)cc1NC(=O)C[C@H]1SC(=NC(C)C)N(C(C)C)C1=O. The Labute approximate surface area is 163 Å². The Bertz CT molecular complexity index is 722. The Kier molecular flexibility index (Phi) is 6.94. The maximum atomic E-state index is 12.7. The summed E-state index contributed by atoms with van der Waals surface area (Å²) in [6.45, 7) is 7.80. The Hall–Kier alpha value is -1.73. The van der Waals surface area contributed by atoms with Crippen molar-refractivity contribution in [1.29, 1.82) is 0 Å². The molecular weight excluding hydrogens is 374 g/mol. The summed E-state index contributed by atoms with van der Waals surface area (Å²) in [6.07, 6.45) is 0.0551. The van der Waals surface area contributed by atoms with Gasteiger partial charge >= 0.3 is 0 Å². The second-order valence-electron chi connectivity index (χ2n) is 6.51. The van der Waals surface area contributed by atoms with Crippen molar-refractivity contribution < 1.29 is 14.3 Å². The van der Waals surface area contributed by atoms with E-state index < -0.39 is 5.25 Å². The van der Waals surface area contributed by atoms with Crippen LogP contribution < -0.4 is 10.1 Å². The number of ether oxygens (including phenoxy) is 1. The van der Waals surface area contributed by atoms with E-state index in [2.05, 4.69) is 10.3 Å². The van der Waals surface area contributed by atoms with E-state index in [1.54, 1.807) is 23.1 Å². The Morgan fingerprint density at radius 2 is 2.08 bits per heavy atom. The van der Waals surface area contributed by atoms with Gasteiger partial charge in [0.05, 0.1) is 12.8 Å². The number of amides is 2. The molecule has 0 saturated carbocycles. The first-order valence-electron chi connectivity index (χ1n) is 8.43. The number of aliphatic imine (C=N–C) groups is 1. The molecule has 0 aromatic heterocycles. The highest BCUT2D eigenvalue weighted by molar-refractivity contribution is 8.15. The number of hydrogen-bond acceptors (Lipinski definition) is 5. The van der Waals surface area contributed by atoms with Crippen molar-refractivity contribution in [3.8, 4) is 5.75 Å². The van der Waals surface area contributed by atoms with Gasteiger partial charge < -0.3 is 10.1 Å². The lowest BCUT2D eigenvalue weighted by Gasteiger charge is -2.21. The van der Waals surface area contributed by atoms with Gasteiger partial charge in [0.15, 0.2) is 5.17 Å². The predicted octanol–water partition coefficient (Wildman–Crippen LogP) is 3.79. The molecule has 0 radical (unpaired) electrons. The minimum absolute atomic E-state index is 0.00594. The molecule has 1 aromatic carbocycles. The number of carbonyl (C=O) groups is 2. The van der Waals surface area contributed by atoms with Crippen molar-refractivity contribution >= 4 is 46.0 Å². The number of nitrogens with zero attached hydrogens (tertiary/aromatic N) is 2. The van der Waals surface area contributed by atoms with Gasteiger partial charge in [-0.15, -0.1) is 0 Å². The van der Waals surface area contributed by atoms with Crippen LogP contribution in [0.15, 0.2) is 23.2 Å². The number of anilines is 1. The molecule has 6 nitrogen and oxygen atoms in total. The van der Waals surface area contributed by atoms with Crippen LogP contribution in [0.4, 0.5) is 5.69 Å². The first kappa shape index (κ1) is 20.6. The Morgan fingerprint density at radius 1 is 1.38 bits per heavy atom. The molecule has 1 fully saturated rings. The smallest absolute Gasteiger partial charge is 0.242 e. The van der Waals surface area contributed by atoms with Crippen LogP contribution in [0.3, 0.4) is 0 Å². The molecule has 2 amide bonds. The molecular formula is C18H24ClN3O3S. The third kappa shape index (κ3) is 4.92. The lowest BCUT2D eigenvalue weighted by molar-refractivity contribution is -0.129. The van der Waals surface area contributed by atoms with E-state index in [-0.39, 0.29) is 30.3 Å². The highest BCUT2D eigenvalue weighted by atomic mass is 35.5. The van der Waals surface area contributed by atoms with Crippen molar-refractivity contribution in [3.05, 3.63) is 23.2 Å². The van der Waals surface area contributed by atoms with E-state index in [4.69, 9.17) is 16.3 Å². The van der Waals surface area contributed by atoms with Crippen LogP contribution in [0.1, 0.15) is 34.1 Å². The van der Waals surface area contributed by atoms with Crippen LogP contribution in [0, 0.1) is 0 Å². The summed E-state index contributed by atoms with van der Waals surface area (Å²) in [6, 6.07) is 5.06. The third-order valence-corrected chi connectivity index (χ3v) is 5.06. The molecule has 0 unspecified atom stereocenters. The number of benzene rings is 1. The summed E-state index contributed by atoms with van der Waals surface area (Å²) in [4.78, 5) is 31.4. The van der Waals surface area contributed by atoms with Crippen LogP contribution in [0.2, 0.25) is 5.02 Å². The number of halogens is 1. The molecule has 1 atom stereocenters. The van der Waals surface area contributed by atoms with Gasteiger partial charge in [-0.1, -0.05) is 23.4 Å². The topological polar surface area (TPSA) is 71.0 Å². The fourth-order valence-corrected chi connectivity index (χ4v) is 4.11. The van der Waals surface area contributed by atoms with Gasteiger partial charge in [-0.2, -0.15) is 0 Å². The molecule has 2 rings (SSSR count). The van der Waals surface area contributed by atoms with E-state index in [0.717, 1.165) is 0 Å². The van der Waals surface area contributed by atoms with Gasteiger partial charge in [-0.3, -0.25) is 19.5 Å². The van der Waals surface area contributed by atoms with E-state index in [1.807, 2.05) is 27.7 Å². The van der Waals surface area contributed by atoms with Crippen LogP contribution in [0.5, 0.6) is 5.75 Å². The molecule has 1 aromatic rings. The van der Waals surface area contributed by atoms with Crippen molar-refractivity contribution in [2.24, 2.45) is 4.99 Å². The van der Waals surface area contributed by atoms with E-state index >= 15 is 0 Å². The normalized spacial score (nSPS) is 18.9. The first-order chi connectivity index (χ1) is 12.2. The lowest BCUT2D eigenvalue weighted by atomic mass is 10.2. The molecule has 1 saturated heterocycles. The number of amidine groups is 1. The highest BCUT2D eigenvalue weighted by Crippen LogP contribution is 2.33. The number of hydrogen-bond donors (Lipinski definition) is 1. The fourth-order valence-electron chi connectivity index (χ4n) is 2.55. The third-order valence-electron chi connectivity index (χ3n) is 3.66. The maximum Gasteiger partial charge on any atom is 0.242 e. The second kappa shape index (κ2) is 8.77. The number of methoxy groups -OCH3 is 1. The molecule has 8 heteroatoms. The fraction of sp³-hybridized carbons (Fsp3) is 0.500. The summed E-state index contributed by atoms with van der Waals surface area (Å²) < 4.78 is 5.23. The highest BCUT2D eigenvalue weighted by Gasteiger charge is 2.40. The summed E-state index contributed by atoms with van der Waals surface area (Å²) >= 11 is 7.33. The van der Waals surface area contributed by atoms with E-state index in [0.29, 0.717) is 21.6 Å². The molecule has 142 valence electrons. The summed E-state index contributed by atoms with van der Waals surface area (Å²) in [5, 5.41) is 3.46. The van der Waals surface area contributed by atoms with Crippen LogP contribution >= 0.6 is 23.4 Å². The predicted molar refractivity (Wildman–Crippen MR) is 107 cm³/mol. The molecule has 1 aliphatic heterocycles. The molecule has 1 heterocycles. The van der Waals surface area contributed by atoms with E-state index in [1.165, 1.54) is 18.9 Å². The Balaban J connectivity index is 2.12. The van der Waals surface area contributed by atoms with Gasteiger partial charge in [0.2, 0.25) is 11.8 Å². The zero-order chi connectivity index (χ0) is 19.4. The standard InChI is InChI=1S/C18H24ClN3O3S/c1-10(2)20-18-22(11(3)4)17(24)15(26-18)9-16(23)21-13-8-12(19)6-7-14(13)25-5/h6-8,10-11,15H,9H2,1-5H3,(H,21,23)/t15-/m1/s1. The Morgan fingerprint density at radius 3 is 2.65 bits per heavy atom. The summed E-state index contributed by atoms with van der Waals surface area (Å²) in [7, 11) is 1.52. The van der Waals surface area contributed by atoms with Crippen LogP contribution in [-0.4, -0.2) is 46.3 Å². The monoisotopic (exact) mass is 397 g/mol. The molecule has 0 spiro atoms. The molecule has 0 bridgehead atoms. The second-order valence-corrected chi connectivity index (χ2v) is 8.12. The van der Waals surface area contributed by atoms with Crippen molar-refractivity contribution in [2.45, 2.75) is 51.4 Å². The average Bonchev–Trinajstić information content (AvgIpc) is 2.82. The van der Waals surface area contributed by atoms with Crippen molar-refractivity contribution in [1.82, 2.24) is 4.90 Å². The zero-order valence-electron chi connectivity index (χ0n) is 15.6. The quantitative estimate of drug-likeness (QED) is 0.792. The van der Waals surface area contributed by atoms with Gasteiger partial charge in [-0.25, -0.2) is 0 Å². The van der Waals surface area contributed by atoms with Crippen molar-refractivity contribution in [3.63, 3.8) is 0 Å².